The molecule has 2 nitrogen and oxygen atoms in total. The van der Waals surface area contributed by atoms with E-state index >= 15 is 0 Å². The van der Waals surface area contributed by atoms with Crippen LogP contribution in [-0.4, -0.2) is 4.98 Å². The van der Waals surface area contributed by atoms with Gasteiger partial charge in [-0.25, -0.2) is 4.98 Å². The molecule has 1 aromatic heterocycles. The highest BCUT2D eigenvalue weighted by Gasteiger charge is 2.00. The fraction of sp³-hybridized carbons (Fsp3) is 0. The minimum absolute atomic E-state index is 0.188. The number of hydrogen-bond donors (Lipinski definition) is 0. The number of rotatable bonds is 0. The molecule has 0 atom stereocenters. The molecule has 0 spiro atoms. The van der Waals surface area contributed by atoms with E-state index in [1.165, 1.54) is 6.07 Å². The first-order chi connectivity index (χ1) is 7.84. The molecule has 76 valence electrons. The quantitative estimate of drug-likeness (QED) is 0.567. The highest BCUT2D eigenvalue weighted by Crippen LogP contribution is 2.21. The number of aromatic nitrogens is 1. The summed E-state index contributed by atoms with van der Waals surface area (Å²) in [5.74, 6) is 0. The highest BCUT2D eigenvalue weighted by molar-refractivity contribution is 6.04. The first-order valence-electron chi connectivity index (χ1n) is 5.13. The molecule has 0 saturated carbocycles. The highest BCUT2D eigenvalue weighted by atomic mass is 16.1. The largest absolute Gasteiger partial charge is 0.270 e. The van der Waals surface area contributed by atoms with E-state index in [-0.39, 0.29) is 5.56 Å². The lowest BCUT2D eigenvalue weighted by atomic mass is 10.1. The molecule has 3 rings (SSSR count). The number of nitrogens with zero attached hydrogens (tertiary/aromatic N) is 1. The Morgan fingerprint density at radius 3 is 2.44 bits per heavy atom. The number of fused-ring (bicyclic) bond motifs is 3. The Morgan fingerprint density at radius 2 is 1.50 bits per heavy atom. The maximum Gasteiger partial charge on any atom is 0.270 e. The van der Waals surface area contributed by atoms with E-state index < -0.39 is 0 Å². The topological polar surface area (TPSA) is 30.0 Å². The lowest BCUT2D eigenvalue weighted by molar-refractivity contribution is 1.32. The van der Waals surface area contributed by atoms with Gasteiger partial charge in [-0.1, -0.05) is 42.5 Å². The molecule has 0 fully saturated rings. The molecule has 0 aliphatic heterocycles. The summed E-state index contributed by atoms with van der Waals surface area (Å²) in [6.07, 6.45) is 0. The van der Waals surface area contributed by atoms with Crippen LogP contribution in [0.1, 0.15) is 0 Å². The Balaban J connectivity index is 2.63. The van der Waals surface area contributed by atoms with Crippen LogP contribution in [0.2, 0.25) is 0 Å². The Labute approximate surface area is 92.2 Å². The van der Waals surface area contributed by atoms with E-state index in [0.29, 0.717) is 0 Å². The molecule has 0 radical (unpaired) electrons. The second kappa shape index (κ2) is 3.42. The van der Waals surface area contributed by atoms with Crippen LogP contribution in [0.15, 0.2) is 59.4 Å². The monoisotopic (exact) mass is 207 g/mol. The van der Waals surface area contributed by atoms with E-state index in [1.54, 1.807) is 0 Å². The summed E-state index contributed by atoms with van der Waals surface area (Å²) in [6, 6.07) is 17.3. The number of hydrogen-bond acceptors (Lipinski definition) is 2. The van der Waals surface area contributed by atoms with Crippen LogP contribution in [0, 0.1) is 0 Å². The predicted octanol–water partition coefficient (Wildman–Crippen LogP) is 2.75. The van der Waals surface area contributed by atoms with E-state index in [2.05, 4.69) is 4.98 Å². The molecule has 0 aliphatic rings. The fourth-order valence-corrected chi connectivity index (χ4v) is 1.90. The van der Waals surface area contributed by atoms with Crippen molar-refractivity contribution in [1.29, 1.82) is 0 Å². The van der Waals surface area contributed by atoms with Crippen LogP contribution >= 0.6 is 0 Å². The molecule has 16 heavy (non-hydrogen) atoms. The van der Waals surface area contributed by atoms with Crippen LogP contribution in [0.4, 0.5) is 0 Å². The molecule has 3 aromatic rings. The van der Waals surface area contributed by atoms with E-state index in [0.717, 1.165) is 21.7 Å². The van der Waals surface area contributed by atoms with Gasteiger partial charge in [-0.2, -0.15) is 0 Å². The van der Waals surface area contributed by atoms with Crippen LogP contribution < -0.4 is 5.56 Å². The standard InChI is InChI=1S/C14H9NO/c16-13-9-8-11-7-6-10-4-2-1-3-5-12(10)14(11)15-13/h1-9H. The number of pyridine rings is 1. The zero-order chi connectivity index (χ0) is 11.0. The summed E-state index contributed by atoms with van der Waals surface area (Å²) in [7, 11) is 0. The minimum atomic E-state index is -0.188. The van der Waals surface area contributed by atoms with Crippen molar-refractivity contribution in [3.8, 4) is 0 Å². The average molecular weight is 207 g/mol. The predicted molar refractivity (Wildman–Crippen MR) is 65.5 cm³/mol. The normalized spacial score (nSPS) is 10.8. The Bertz CT molecular complexity index is 734. The van der Waals surface area contributed by atoms with Gasteiger partial charge < -0.3 is 0 Å². The lowest BCUT2D eigenvalue weighted by Gasteiger charge is -1.98. The third-order valence-corrected chi connectivity index (χ3v) is 2.67. The van der Waals surface area contributed by atoms with E-state index in [9.17, 15) is 4.79 Å². The van der Waals surface area contributed by atoms with E-state index in [1.807, 2.05) is 48.5 Å². The van der Waals surface area contributed by atoms with Gasteiger partial charge in [-0.05, 0) is 11.5 Å². The molecule has 1 heterocycles. The molecule has 0 aliphatic carbocycles. The molecule has 0 bridgehead atoms. The van der Waals surface area contributed by atoms with Crippen LogP contribution in [-0.2, 0) is 0 Å². The molecular formula is C14H9NO. The fourth-order valence-electron chi connectivity index (χ4n) is 1.90. The van der Waals surface area contributed by atoms with Crippen LogP contribution in [0.3, 0.4) is 0 Å². The van der Waals surface area contributed by atoms with Crippen molar-refractivity contribution in [3.63, 3.8) is 0 Å². The lowest BCUT2D eigenvalue weighted by Crippen LogP contribution is -2.02. The average Bonchev–Trinajstić information content (AvgIpc) is 2.54. The second-order valence-corrected chi connectivity index (χ2v) is 3.70. The van der Waals surface area contributed by atoms with Gasteiger partial charge in [0, 0.05) is 16.8 Å². The minimum Gasteiger partial charge on any atom is -0.267 e. The van der Waals surface area contributed by atoms with Crippen molar-refractivity contribution < 1.29 is 0 Å². The maximum absolute atomic E-state index is 11.3. The molecule has 2 heteroatoms. The summed E-state index contributed by atoms with van der Waals surface area (Å²) in [6.45, 7) is 0. The summed E-state index contributed by atoms with van der Waals surface area (Å²) in [5, 5.41) is 3.11. The zero-order valence-corrected chi connectivity index (χ0v) is 8.55. The molecule has 2 aromatic carbocycles. The molecular weight excluding hydrogens is 198 g/mol. The number of benzene rings is 1. The van der Waals surface area contributed by atoms with Crippen LogP contribution in [0.25, 0.3) is 21.7 Å². The van der Waals surface area contributed by atoms with Gasteiger partial charge in [0.1, 0.15) is 0 Å². The van der Waals surface area contributed by atoms with E-state index in [4.69, 9.17) is 0 Å². The van der Waals surface area contributed by atoms with Gasteiger partial charge in [0.2, 0.25) is 0 Å². The van der Waals surface area contributed by atoms with Crippen molar-refractivity contribution in [3.05, 3.63) is 65.0 Å². The van der Waals surface area contributed by atoms with Crippen molar-refractivity contribution in [2.24, 2.45) is 0 Å². The molecule has 0 saturated heterocycles. The van der Waals surface area contributed by atoms with Crippen LogP contribution in [0.5, 0.6) is 0 Å². The summed E-state index contributed by atoms with van der Waals surface area (Å²) < 4.78 is 0. The van der Waals surface area contributed by atoms with Crippen molar-refractivity contribution in [2.75, 3.05) is 0 Å². The Morgan fingerprint density at radius 1 is 0.750 bits per heavy atom. The third kappa shape index (κ3) is 1.36. The van der Waals surface area contributed by atoms with Gasteiger partial charge in [-0.3, -0.25) is 4.79 Å². The van der Waals surface area contributed by atoms with Gasteiger partial charge in [0.25, 0.3) is 5.56 Å². The van der Waals surface area contributed by atoms with Crippen molar-refractivity contribution in [2.45, 2.75) is 0 Å². The van der Waals surface area contributed by atoms with Gasteiger partial charge in [0.05, 0.1) is 5.52 Å². The first-order valence-corrected chi connectivity index (χ1v) is 5.13. The maximum atomic E-state index is 11.3. The molecule has 0 unspecified atom stereocenters. The smallest absolute Gasteiger partial charge is 0.267 e. The van der Waals surface area contributed by atoms with Gasteiger partial charge in [0.15, 0.2) is 0 Å². The first kappa shape index (κ1) is 9.04. The summed E-state index contributed by atoms with van der Waals surface area (Å²) >= 11 is 0. The Kier molecular flexibility index (Phi) is 1.93. The summed E-state index contributed by atoms with van der Waals surface area (Å²) in [5.41, 5.74) is 0.590. The summed E-state index contributed by atoms with van der Waals surface area (Å²) in [4.78, 5) is 15.4. The van der Waals surface area contributed by atoms with Crippen molar-refractivity contribution >= 4 is 21.7 Å². The SMILES string of the molecule is O=c1ccc2ccc3cccccc3c2n1. The second-order valence-electron chi connectivity index (χ2n) is 3.70. The van der Waals surface area contributed by atoms with Gasteiger partial charge in [-0.15, -0.1) is 0 Å². The Hall–Kier alpha value is -2.22. The van der Waals surface area contributed by atoms with Crippen molar-refractivity contribution in [1.82, 2.24) is 4.98 Å². The third-order valence-electron chi connectivity index (χ3n) is 2.67. The van der Waals surface area contributed by atoms with Gasteiger partial charge >= 0.3 is 0 Å². The molecule has 0 amide bonds. The zero-order valence-electron chi connectivity index (χ0n) is 8.55. The molecule has 0 N–H and O–H groups in total.